The second-order valence-electron chi connectivity index (χ2n) is 6.38. The molecule has 0 aliphatic carbocycles. The summed E-state index contributed by atoms with van der Waals surface area (Å²) in [5.41, 5.74) is 0.854. The highest BCUT2D eigenvalue weighted by Gasteiger charge is 2.28. The van der Waals surface area contributed by atoms with Crippen LogP contribution in [0, 0.1) is 0 Å². The minimum absolute atomic E-state index is 0.0367. The number of aromatic nitrogens is 2. The van der Waals surface area contributed by atoms with Crippen LogP contribution in [0.15, 0.2) is 34.9 Å². The lowest BCUT2D eigenvalue weighted by molar-refractivity contribution is -0.0648. The van der Waals surface area contributed by atoms with Crippen LogP contribution >= 0.6 is 0 Å². The third-order valence-corrected chi connectivity index (χ3v) is 4.26. The third-order valence-electron chi connectivity index (χ3n) is 4.26. The average Bonchev–Trinajstić information content (AvgIpc) is 3.12. The quantitative estimate of drug-likeness (QED) is 0.922. The monoisotopic (exact) mass is 344 g/mol. The molecule has 2 amide bonds. The topological polar surface area (TPSA) is 80.5 Å². The van der Waals surface area contributed by atoms with Gasteiger partial charge in [0, 0.05) is 18.7 Å². The molecule has 0 bridgehead atoms. The maximum Gasteiger partial charge on any atom is 0.318 e. The summed E-state index contributed by atoms with van der Waals surface area (Å²) in [4.78, 5) is 18.7. The molecule has 1 saturated heterocycles. The van der Waals surface area contributed by atoms with Crippen LogP contribution in [0.5, 0.6) is 0 Å². The summed E-state index contributed by atoms with van der Waals surface area (Å²) >= 11 is 0. The molecule has 3 atom stereocenters. The number of nitrogens with one attached hydrogen (secondary N) is 1. The number of nitrogens with zero attached hydrogens (tertiary/aromatic N) is 3. The number of rotatable bonds is 4. The van der Waals surface area contributed by atoms with E-state index >= 15 is 0 Å². The van der Waals surface area contributed by atoms with Gasteiger partial charge in [-0.05, 0) is 32.4 Å². The molecule has 0 spiro atoms. The Morgan fingerprint density at radius 2 is 2.12 bits per heavy atom. The van der Waals surface area contributed by atoms with Gasteiger partial charge in [0.2, 0.25) is 0 Å². The molecule has 134 valence electrons. The molecule has 1 fully saturated rings. The lowest BCUT2D eigenvalue weighted by Gasteiger charge is -2.36. The molecule has 25 heavy (non-hydrogen) atoms. The van der Waals surface area contributed by atoms with Crippen LogP contribution in [0.4, 0.5) is 4.79 Å². The molecule has 1 aliphatic heterocycles. The molecule has 2 heterocycles. The van der Waals surface area contributed by atoms with Gasteiger partial charge in [0.1, 0.15) is 0 Å². The predicted molar refractivity (Wildman–Crippen MR) is 92.9 cm³/mol. The van der Waals surface area contributed by atoms with Crippen molar-refractivity contribution in [2.75, 3.05) is 13.1 Å². The van der Waals surface area contributed by atoms with Gasteiger partial charge in [-0.1, -0.05) is 30.3 Å². The van der Waals surface area contributed by atoms with E-state index in [-0.39, 0.29) is 24.3 Å². The van der Waals surface area contributed by atoms with Crippen LogP contribution in [0.1, 0.15) is 39.1 Å². The summed E-state index contributed by atoms with van der Waals surface area (Å²) in [6.45, 7) is 7.07. The molecule has 0 unspecified atom stereocenters. The fourth-order valence-electron chi connectivity index (χ4n) is 2.89. The Morgan fingerprint density at radius 3 is 2.84 bits per heavy atom. The van der Waals surface area contributed by atoms with E-state index in [0.29, 0.717) is 24.8 Å². The fraction of sp³-hybridized carbons (Fsp3) is 0.500. The number of hydrogen-bond acceptors (Lipinski definition) is 5. The Kier molecular flexibility index (Phi) is 5.33. The summed E-state index contributed by atoms with van der Waals surface area (Å²) in [6.07, 6.45) is 1.00. The number of hydrogen-bond donors (Lipinski definition) is 1. The number of benzene rings is 1. The SMILES string of the molecule is CC[C@@H]1CN(C(=O)N[C@@H](C)c2noc(-c3ccccc3)n2)C[C@H](C)O1. The maximum atomic E-state index is 12.5. The molecule has 2 aromatic rings. The van der Waals surface area contributed by atoms with Crippen LogP contribution < -0.4 is 5.32 Å². The molecule has 1 aliphatic rings. The number of carbonyl (C=O) groups is 1. The van der Waals surface area contributed by atoms with Crippen LogP contribution in [0.25, 0.3) is 11.5 Å². The van der Waals surface area contributed by atoms with Crippen LogP contribution in [0.2, 0.25) is 0 Å². The molecule has 0 saturated carbocycles. The van der Waals surface area contributed by atoms with E-state index in [0.717, 1.165) is 12.0 Å². The molecule has 0 radical (unpaired) electrons. The lowest BCUT2D eigenvalue weighted by atomic mass is 10.2. The Balaban J connectivity index is 1.63. The zero-order valence-electron chi connectivity index (χ0n) is 14.8. The van der Waals surface area contributed by atoms with E-state index in [2.05, 4.69) is 22.4 Å². The second kappa shape index (κ2) is 7.65. The van der Waals surface area contributed by atoms with Crippen molar-refractivity contribution in [3.05, 3.63) is 36.2 Å². The first-order valence-corrected chi connectivity index (χ1v) is 8.66. The Morgan fingerprint density at radius 1 is 1.36 bits per heavy atom. The molecule has 1 aromatic heterocycles. The van der Waals surface area contributed by atoms with Crippen molar-refractivity contribution in [2.24, 2.45) is 0 Å². The largest absolute Gasteiger partial charge is 0.372 e. The van der Waals surface area contributed by atoms with Crippen molar-refractivity contribution in [2.45, 2.75) is 45.4 Å². The third kappa shape index (κ3) is 4.17. The maximum absolute atomic E-state index is 12.5. The zero-order chi connectivity index (χ0) is 17.8. The standard InChI is InChI=1S/C18H24N4O3/c1-4-15-11-22(10-12(2)24-15)18(23)19-13(3)16-20-17(25-21-16)14-8-6-5-7-9-14/h5-9,12-13,15H,4,10-11H2,1-3H3,(H,19,23)/t12-,13-,15+/m0/s1. The number of amides is 2. The van der Waals surface area contributed by atoms with Crippen molar-refractivity contribution in [1.82, 2.24) is 20.4 Å². The molecular weight excluding hydrogens is 320 g/mol. The minimum atomic E-state index is -0.341. The van der Waals surface area contributed by atoms with E-state index in [1.165, 1.54) is 0 Å². The van der Waals surface area contributed by atoms with Crippen LogP contribution in [-0.2, 0) is 4.74 Å². The number of urea groups is 1. The van der Waals surface area contributed by atoms with Crippen molar-refractivity contribution >= 4 is 6.03 Å². The second-order valence-corrected chi connectivity index (χ2v) is 6.38. The van der Waals surface area contributed by atoms with Crippen molar-refractivity contribution < 1.29 is 14.1 Å². The zero-order valence-corrected chi connectivity index (χ0v) is 14.8. The number of ether oxygens (including phenoxy) is 1. The van der Waals surface area contributed by atoms with Crippen LogP contribution in [-0.4, -0.2) is 46.4 Å². The van der Waals surface area contributed by atoms with E-state index < -0.39 is 0 Å². The van der Waals surface area contributed by atoms with Gasteiger partial charge in [-0.3, -0.25) is 0 Å². The highest BCUT2D eigenvalue weighted by molar-refractivity contribution is 5.74. The first-order chi connectivity index (χ1) is 12.1. The average molecular weight is 344 g/mol. The summed E-state index contributed by atoms with van der Waals surface area (Å²) in [5, 5.41) is 6.94. The van der Waals surface area contributed by atoms with Gasteiger partial charge in [0.25, 0.3) is 5.89 Å². The molecular formula is C18H24N4O3. The van der Waals surface area contributed by atoms with Gasteiger partial charge in [-0.2, -0.15) is 4.98 Å². The van der Waals surface area contributed by atoms with Crippen molar-refractivity contribution in [3.8, 4) is 11.5 Å². The first kappa shape index (κ1) is 17.4. The van der Waals surface area contributed by atoms with Crippen molar-refractivity contribution in [3.63, 3.8) is 0 Å². The summed E-state index contributed by atoms with van der Waals surface area (Å²) in [5.74, 6) is 0.906. The predicted octanol–water partition coefficient (Wildman–Crippen LogP) is 3.01. The van der Waals surface area contributed by atoms with E-state index in [1.807, 2.05) is 44.2 Å². The molecule has 1 aromatic carbocycles. The number of carbonyl (C=O) groups excluding carboxylic acids is 1. The van der Waals surface area contributed by atoms with E-state index in [4.69, 9.17) is 9.26 Å². The number of morpholine rings is 1. The molecule has 7 nitrogen and oxygen atoms in total. The Labute approximate surface area is 147 Å². The van der Waals surface area contributed by atoms with Gasteiger partial charge in [0.15, 0.2) is 5.82 Å². The fourth-order valence-corrected chi connectivity index (χ4v) is 2.89. The Bertz CT molecular complexity index is 703. The first-order valence-electron chi connectivity index (χ1n) is 8.66. The van der Waals surface area contributed by atoms with Gasteiger partial charge in [0.05, 0.1) is 18.2 Å². The smallest absolute Gasteiger partial charge is 0.318 e. The highest BCUT2D eigenvalue weighted by atomic mass is 16.5. The summed E-state index contributed by atoms with van der Waals surface area (Å²) in [6, 6.07) is 9.08. The molecule has 7 heteroatoms. The van der Waals surface area contributed by atoms with E-state index in [1.54, 1.807) is 4.90 Å². The van der Waals surface area contributed by atoms with Crippen molar-refractivity contribution in [1.29, 1.82) is 0 Å². The molecule has 1 N–H and O–H groups in total. The van der Waals surface area contributed by atoms with Gasteiger partial charge in [-0.15, -0.1) is 0 Å². The van der Waals surface area contributed by atoms with Gasteiger partial charge >= 0.3 is 6.03 Å². The summed E-state index contributed by atoms with van der Waals surface area (Å²) in [7, 11) is 0. The highest BCUT2D eigenvalue weighted by Crippen LogP contribution is 2.19. The normalized spacial score (nSPS) is 21.8. The summed E-state index contributed by atoms with van der Waals surface area (Å²) < 4.78 is 11.1. The Hall–Kier alpha value is -2.41. The lowest BCUT2D eigenvalue weighted by Crippen LogP contribution is -2.52. The molecule has 3 rings (SSSR count). The van der Waals surface area contributed by atoms with Crippen LogP contribution in [0.3, 0.4) is 0 Å². The van der Waals surface area contributed by atoms with Gasteiger partial charge in [-0.25, -0.2) is 4.79 Å². The van der Waals surface area contributed by atoms with E-state index in [9.17, 15) is 4.79 Å². The van der Waals surface area contributed by atoms with Gasteiger partial charge < -0.3 is 19.5 Å². The minimum Gasteiger partial charge on any atom is -0.372 e.